The van der Waals surface area contributed by atoms with E-state index in [9.17, 15) is 0 Å². The lowest BCUT2D eigenvalue weighted by Crippen LogP contribution is -2.11. The van der Waals surface area contributed by atoms with Gasteiger partial charge in [-0.2, -0.15) is 0 Å². The number of hydrogen-bond donors (Lipinski definition) is 0. The van der Waals surface area contributed by atoms with Crippen molar-refractivity contribution in [2.75, 3.05) is 0 Å². The van der Waals surface area contributed by atoms with Gasteiger partial charge in [0.05, 0.1) is 8.44 Å². The first-order valence-electron chi connectivity index (χ1n) is 9.34. The summed E-state index contributed by atoms with van der Waals surface area (Å²) in [7, 11) is 0. The van der Waals surface area contributed by atoms with Gasteiger partial charge in [-0.3, -0.25) is 4.98 Å². The van der Waals surface area contributed by atoms with Crippen molar-refractivity contribution in [1.82, 2.24) is 4.98 Å². The zero-order valence-electron chi connectivity index (χ0n) is 17.8. The highest BCUT2D eigenvalue weighted by atomic mass is 14.7. The molecule has 0 fully saturated rings. The molecule has 0 N–H and O–H groups in total. The quantitative estimate of drug-likeness (QED) is 0.696. The molecule has 1 heteroatoms. The minimum atomic E-state index is -1.63. The third-order valence-corrected chi connectivity index (χ3v) is 3.15. The molecule has 0 saturated carbocycles. The molecule has 2 rings (SSSR count). The number of pyridine rings is 1. The highest BCUT2D eigenvalue weighted by Crippen LogP contribution is 2.27. The van der Waals surface area contributed by atoms with Gasteiger partial charge in [0.25, 0.3) is 0 Å². The third kappa shape index (κ3) is 4.42. The van der Waals surface area contributed by atoms with Crippen LogP contribution in [0.1, 0.15) is 58.2 Å². The van der Waals surface area contributed by atoms with Crippen molar-refractivity contribution in [3.8, 4) is 11.3 Å². The van der Waals surface area contributed by atoms with Crippen LogP contribution in [0, 0.1) is 5.41 Å². The van der Waals surface area contributed by atoms with Gasteiger partial charge in [0, 0.05) is 14.5 Å². The first-order valence-corrected chi connectivity index (χ1v) is 7.34. The molecular weight excluding hydrogens is 254 g/mol. The SMILES string of the molecule is [2H]c1cc(C([2H])([2H])C(C)(C)C)cc([2H])c1-c1cc(C(C)(C)C)ccn1. The van der Waals surface area contributed by atoms with Gasteiger partial charge in [-0.1, -0.05) is 65.8 Å². The van der Waals surface area contributed by atoms with Crippen LogP contribution in [0.25, 0.3) is 11.3 Å². The van der Waals surface area contributed by atoms with Crippen LogP contribution >= 0.6 is 0 Å². The Labute approximate surface area is 135 Å². The van der Waals surface area contributed by atoms with E-state index in [0.717, 1.165) is 5.56 Å². The maximum atomic E-state index is 8.39. The predicted molar refractivity (Wildman–Crippen MR) is 91.5 cm³/mol. The lowest BCUT2D eigenvalue weighted by molar-refractivity contribution is 0.411. The average molecular weight is 285 g/mol. The fourth-order valence-corrected chi connectivity index (χ4v) is 2.07. The van der Waals surface area contributed by atoms with Crippen LogP contribution in [0.3, 0.4) is 0 Å². The summed E-state index contributed by atoms with van der Waals surface area (Å²) in [5.41, 5.74) is 1.81. The van der Waals surface area contributed by atoms with Crippen LogP contribution in [-0.4, -0.2) is 4.98 Å². The molecule has 21 heavy (non-hydrogen) atoms. The summed E-state index contributed by atoms with van der Waals surface area (Å²) in [6.45, 7) is 11.8. The summed E-state index contributed by atoms with van der Waals surface area (Å²) in [6.07, 6.45) is 0.0783. The van der Waals surface area contributed by atoms with Crippen LogP contribution in [-0.2, 0) is 11.8 Å². The fourth-order valence-electron chi connectivity index (χ4n) is 2.07. The summed E-state index contributed by atoms with van der Waals surface area (Å²) < 4.78 is 33.5. The summed E-state index contributed by atoms with van der Waals surface area (Å²) in [4.78, 5) is 4.35. The third-order valence-electron chi connectivity index (χ3n) is 3.15. The molecular formula is C20H27N. The van der Waals surface area contributed by atoms with E-state index in [1.165, 1.54) is 12.1 Å². The van der Waals surface area contributed by atoms with Crippen molar-refractivity contribution in [1.29, 1.82) is 0 Å². The molecule has 0 aliphatic heterocycles. The largest absolute Gasteiger partial charge is 0.256 e. The molecule has 1 aromatic heterocycles. The predicted octanol–water partition coefficient (Wildman–Crippen LogP) is 5.63. The van der Waals surface area contributed by atoms with Crippen molar-refractivity contribution in [2.24, 2.45) is 5.41 Å². The van der Waals surface area contributed by atoms with Crippen LogP contribution < -0.4 is 0 Å². The topological polar surface area (TPSA) is 12.9 Å². The Bertz CT molecular complexity index is 760. The smallest absolute Gasteiger partial charge is 0.0704 e. The van der Waals surface area contributed by atoms with Crippen molar-refractivity contribution in [2.45, 2.75) is 53.3 Å². The molecule has 2 aromatic rings. The highest BCUT2D eigenvalue weighted by Gasteiger charge is 2.15. The molecule has 0 radical (unpaired) electrons. The number of nitrogens with zero attached hydrogens (tertiary/aromatic N) is 1. The molecule has 1 aromatic carbocycles. The van der Waals surface area contributed by atoms with E-state index in [1.54, 1.807) is 6.20 Å². The van der Waals surface area contributed by atoms with E-state index in [0.29, 0.717) is 16.8 Å². The van der Waals surface area contributed by atoms with E-state index in [1.807, 2.05) is 32.9 Å². The second-order valence-electron chi connectivity index (χ2n) is 7.46. The van der Waals surface area contributed by atoms with E-state index in [4.69, 9.17) is 5.48 Å². The first-order chi connectivity index (χ1) is 11.2. The van der Waals surface area contributed by atoms with Gasteiger partial charge in [0.2, 0.25) is 0 Å². The van der Waals surface area contributed by atoms with Crippen molar-refractivity contribution < 1.29 is 5.48 Å². The van der Waals surface area contributed by atoms with E-state index >= 15 is 0 Å². The highest BCUT2D eigenvalue weighted by molar-refractivity contribution is 5.60. The second-order valence-corrected chi connectivity index (χ2v) is 7.46. The van der Waals surface area contributed by atoms with E-state index in [-0.39, 0.29) is 17.5 Å². The minimum absolute atomic E-state index is 0.0498. The normalized spacial score (nSPS) is 15.9. The summed E-state index contributed by atoms with van der Waals surface area (Å²) >= 11 is 0. The van der Waals surface area contributed by atoms with Crippen molar-refractivity contribution >= 4 is 0 Å². The second kappa shape index (κ2) is 5.63. The number of aromatic nitrogens is 1. The van der Waals surface area contributed by atoms with Crippen LogP contribution in [0.4, 0.5) is 0 Å². The maximum absolute atomic E-state index is 8.39. The summed E-state index contributed by atoms with van der Waals surface area (Å²) in [6, 6.07) is 7.20. The maximum Gasteiger partial charge on any atom is 0.0704 e. The Morgan fingerprint density at radius 1 is 1.05 bits per heavy atom. The van der Waals surface area contributed by atoms with Crippen molar-refractivity contribution in [3.63, 3.8) is 0 Å². The van der Waals surface area contributed by atoms with Gasteiger partial charge in [0.15, 0.2) is 0 Å². The standard InChI is InChI=1S/C20H27N/c1-19(2,3)14-15-7-9-16(10-8-15)18-13-17(11-12-21-18)20(4,5)6/h7-13H,14H2,1-6H3/i9D,10D,14D2. The van der Waals surface area contributed by atoms with Gasteiger partial charge < -0.3 is 0 Å². The molecule has 0 aliphatic carbocycles. The van der Waals surface area contributed by atoms with Gasteiger partial charge in [-0.25, -0.2) is 0 Å². The zero-order valence-corrected chi connectivity index (χ0v) is 13.8. The molecule has 0 spiro atoms. The Morgan fingerprint density at radius 2 is 1.67 bits per heavy atom. The fraction of sp³-hybridized carbons (Fsp3) is 0.450. The van der Waals surface area contributed by atoms with Crippen molar-refractivity contribution in [3.05, 3.63) is 53.7 Å². The number of rotatable bonds is 2. The van der Waals surface area contributed by atoms with Gasteiger partial charge in [-0.05, 0) is 40.5 Å². The summed E-state index contributed by atoms with van der Waals surface area (Å²) in [5.74, 6) is 0. The molecule has 1 nitrogen and oxygen atoms in total. The number of benzene rings is 1. The minimum Gasteiger partial charge on any atom is -0.256 e. The molecule has 0 amide bonds. The number of hydrogen-bond acceptors (Lipinski definition) is 1. The van der Waals surface area contributed by atoms with E-state index in [2.05, 4.69) is 25.8 Å². The molecule has 112 valence electrons. The van der Waals surface area contributed by atoms with E-state index < -0.39 is 11.8 Å². The van der Waals surface area contributed by atoms with Gasteiger partial charge >= 0.3 is 0 Å². The monoisotopic (exact) mass is 285 g/mol. The lowest BCUT2D eigenvalue weighted by Gasteiger charge is -2.20. The first kappa shape index (κ1) is 11.0. The van der Waals surface area contributed by atoms with Crippen LogP contribution in [0.2, 0.25) is 0 Å². The van der Waals surface area contributed by atoms with Gasteiger partial charge in [-0.15, -0.1) is 0 Å². The Balaban J connectivity index is 2.60. The van der Waals surface area contributed by atoms with Crippen LogP contribution in [0.15, 0.2) is 42.5 Å². The summed E-state index contributed by atoms with van der Waals surface area (Å²) in [5, 5.41) is 0. The van der Waals surface area contributed by atoms with Crippen LogP contribution in [0.5, 0.6) is 0 Å². The Morgan fingerprint density at radius 3 is 2.19 bits per heavy atom. The molecule has 0 saturated heterocycles. The van der Waals surface area contributed by atoms with Gasteiger partial charge in [0.1, 0.15) is 0 Å². The molecule has 0 aliphatic rings. The Hall–Kier alpha value is -1.63. The molecule has 0 atom stereocenters. The zero-order chi connectivity index (χ0) is 19.2. The Kier molecular flexibility index (Phi) is 2.95. The lowest BCUT2D eigenvalue weighted by atomic mass is 9.86. The molecule has 1 heterocycles. The average Bonchev–Trinajstić information content (AvgIpc) is 2.44. The molecule has 0 bridgehead atoms. The molecule has 0 unspecified atom stereocenters.